The van der Waals surface area contributed by atoms with E-state index < -0.39 is 29.5 Å². The van der Waals surface area contributed by atoms with Crippen LogP contribution in [0.5, 0.6) is 0 Å². The largest absolute Gasteiger partial charge is 0.446 e. The smallest absolute Gasteiger partial charge is 0.413 e. The van der Waals surface area contributed by atoms with E-state index in [1.165, 1.54) is 18.1 Å². The summed E-state index contributed by atoms with van der Waals surface area (Å²) in [6.45, 7) is 3.51. The van der Waals surface area contributed by atoms with Gasteiger partial charge in [-0.25, -0.2) is 23.9 Å². The van der Waals surface area contributed by atoms with Crippen LogP contribution in [-0.2, 0) is 4.74 Å². The first kappa shape index (κ1) is 25.5. The molecule has 0 saturated carbocycles. The number of anilines is 3. The van der Waals surface area contributed by atoms with Crippen molar-refractivity contribution in [2.75, 3.05) is 55.3 Å². The van der Waals surface area contributed by atoms with Gasteiger partial charge in [0.05, 0.1) is 12.2 Å². The van der Waals surface area contributed by atoms with Crippen molar-refractivity contribution in [2.45, 2.75) is 44.0 Å². The average Bonchev–Trinajstić information content (AvgIpc) is 3.30. The Morgan fingerprint density at radius 1 is 1.16 bits per heavy atom. The van der Waals surface area contributed by atoms with Crippen molar-refractivity contribution in [1.82, 2.24) is 24.8 Å². The number of hydrogen-bond acceptors (Lipinski definition) is 9. The van der Waals surface area contributed by atoms with Gasteiger partial charge >= 0.3 is 12.1 Å². The summed E-state index contributed by atoms with van der Waals surface area (Å²) < 4.78 is 33.7. The van der Waals surface area contributed by atoms with Crippen LogP contribution in [0.25, 0.3) is 0 Å². The maximum atomic E-state index is 14.8. The first-order chi connectivity index (χ1) is 17.9. The number of aromatic nitrogens is 3. The molecular formula is C23H30F2N8O3S. The quantitative estimate of drug-likeness (QED) is 0.599. The fourth-order valence-electron chi connectivity index (χ4n) is 5.23. The number of carbonyl (C=O) groups excluding carboxylic acids is 2. The number of piperidine rings is 3. The number of ether oxygens (including phenoxy) is 1. The molecule has 5 rings (SSSR count). The van der Waals surface area contributed by atoms with Gasteiger partial charge in [0.15, 0.2) is 10.3 Å². The lowest BCUT2D eigenvalue weighted by Gasteiger charge is -2.41. The van der Waals surface area contributed by atoms with Gasteiger partial charge in [0.25, 0.3) is 0 Å². The highest BCUT2D eigenvalue weighted by molar-refractivity contribution is 7.14. The number of carbonyl (C=O) groups is 2. The molecule has 3 saturated heterocycles. The summed E-state index contributed by atoms with van der Waals surface area (Å²) in [7, 11) is 1.48. The molecule has 0 aliphatic carbocycles. The highest BCUT2D eigenvalue weighted by Gasteiger charge is 2.36. The molecule has 3 amide bonds. The molecule has 2 aromatic rings. The van der Waals surface area contributed by atoms with Crippen molar-refractivity contribution in [3.05, 3.63) is 23.6 Å². The predicted molar refractivity (Wildman–Crippen MR) is 134 cm³/mol. The van der Waals surface area contributed by atoms with Gasteiger partial charge in [-0.1, -0.05) is 11.3 Å². The summed E-state index contributed by atoms with van der Waals surface area (Å²) in [5.41, 5.74) is 0. The zero-order valence-corrected chi connectivity index (χ0v) is 21.3. The van der Waals surface area contributed by atoms with E-state index in [0.717, 1.165) is 45.1 Å². The minimum atomic E-state index is -1.26. The zero-order valence-electron chi connectivity index (χ0n) is 20.5. The zero-order chi connectivity index (χ0) is 25.9. The summed E-state index contributed by atoms with van der Waals surface area (Å²) in [6, 6.07) is 0.192. The van der Waals surface area contributed by atoms with Crippen molar-refractivity contribution < 1.29 is 23.1 Å². The minimum Gasteiger partial charge on any atom is -0.446 e. The first-order valence-corrected chi connectivity index (χ1v) is 13.2. The summed E-state index contributed by atoms with van der Waals surface area (Å²) >= 11 is 0.692. The number of amides is 3. The number of rotatable bonds is 5. The van der Waals surface area contributed by atoms with E-state index in [0.29, 0.717) is 29.7 Å². The third kappa shape index (κ3) is 6.06. The van der Waals surface area contributed by atoms with Crippen LogP contribution in [0.4, 0.5) is 35.3 Å². The Hall–Kier alpha value is -3.13. The van der Waals surface area contributed by atoms with Gasteiger partial charge in [-0.05, 0) is 38.3 Å². The number of fused-ring (bicyclic) bond motifs is 2. The van der Waals surface area contributed by atoms with E-state index in [4.69, 9.17) is 4.74 Å². The molecular weight excluding hydrogens is 506 g/mol. The van der Waals surface area contributed by atoms with Crippen LogP contribution in [0, 0.1) is 11.0 Å². The number of likely N-dealkylation sites (N-methyl/N-ethyl adjacent to an activating group) is 1. The second kappa shape index (κ2) is 11.1. The summed E-state index contributed by atoms with van der Waals surface area (Å²) in [6.07, 6.45) is 3.78. The molecule has 0 spiro atoms. The number of thiazole rings is 1. The molecule has 3 aliphatic heterocycles. The fourth-order valence-corrected chi connectivity index (χ4v) is 5.77. The molecule has 5 atom stereocenters. The van der Waals surface area contributed by atoms with Gasteiger partial charge < -0.3 is 19.4 Å². The van der Waals surface area contributed by atoms with Gasteiger partial charge in [0.1, 0.15) is 18.1 Å². The lowest BCUT2D eigenvalue weighted by atomic mass is 9.87. The van der Waals surface area contributed by atoms with Crippen LogP contribution in [-0.4, -0.2) is 95.0 Å². The molecule has 200 valence electrons. The second-order valence-corrected chi connectivity index (χ2v) is 10.6. The van der Waals surface area contributed by atoms with E-state index in [-0.39, 0.29) is 30.0 Å². The molecule has 3 aliphatic rings. The van der Waals surface area contributed by atoms with Crippen LogP contribution in [0.3, 0.4) is 0 Å². The fraction of sp³-hybridized carbons (Fsp3) is 0.609. The van der Waals surface area contributed by atoms with Crippen molar-refractivity contribution in [2.24, 2.45) is 5.92 Å². The molecule has 3 fully saturated rings. The Balaban J connectivity index is 1.18. The normalized spacial score (nSPS) is 27.3. The lowest BCUT2D eigenvalue weighted by Crippen LogP contribution is -2.55. The second-order valence-electron chi connectivity index (χ2n) is 9.63. The van der Waals surface area contributed by atoms with Crippen LogP contribution in [0.15, 0.2) is 18.5 Å². The van der Waals surface area contributed by atoms with Gasteiger partial charge in [0, 0.05) is 45.3 Å². The average molecular weight is 537 g/mol. The Bertz CT molecular complexity index is 1120. The van der Waals surface area contributed by atoms with Crippen LogP contribution in [0.1, 0.15) is 25.7 Å². The number of halogens is 2. The highest BCUT2D eigenvalue weighted by Crippen LogP contribution is 2.29. The molecule has 5 heterocycles. The van der Waals surface area contributed by atoms with E-state index in [9.17, 15) is 18.4 Å². The predicted octanol–water partition coefficient (Wildman–Crippen LogP) is 3.19. The van der Waals surface area contributed by atoms with Gasteiger partial charge in [-0.2, -0.15) is 9.37 Å². The number of urea groups is 1. The summed E-state index contributed by atoms with van der Waals surface area (Å²) in [5.74, 6) is 0.954. The lowest BCUT2D eigenvalue weighted by molar-refractivity contribution is -0.00826. The van der Waals surface area contributed by atoms with Gasteiger partial charge in [-0.3, -0.25) is 10.6 Å². The molecule has 3 unspecified atom stereocenters. The van der Waals surface area contributed by atoms with Crippen molar-refractivity contribution in [3.8, 4) is 0 Å². The Morgan fingerprint density at radius 2 is 2.03 bits per heavy atom. The minimum absolute atomic E-state index is 0.0976. The molecule has 2 aromatic heterocycles. The standard InChI is InChI=1S/C23H30F2N8O3S/c1-31(22(34)30-21-27-11-18(25)37-21)16-13-33(10-5-15(16)24)20-26-7-4-19(28-20)29-23(35)36-17-6-9-32-8-2-3-14(17)12-32/h4,7,11,14-17H,2-3,5-6,8-10,12-13H2,1H3,(H,27,30,34)(H,26,28,29,35)/t14?,15-,16+,17?/m1/s1. The Morgan fingerprint density at radius 3 is 2.84 bits per heavy atom. The number of nitrogens with one attached hydrogen (secondary N) is 2. The van der Waals surface area contributed by atoms with E-state index in [1.807, 2.05) is 0 Å². The molecule has 0 aromatic carbocycles. The molecule has 11 nitrogen and oxygen atoms in total. The third-order valence-corrected chi connectivity index (χ3v) is 7.92. The topological polar surface area (TPSA) is 116 Å². The number of alkyl halides is 1. The first-order valence-electron chi connectivity index (χ1n) is 12.4. The van der Waals surface area contributed by atoms with E-state index in [1.54, 1.807) is 11.0 Å². The number of hydrogen-bond donors (Lipinski definition) is 2. The van der Waals surface area contributed by atoms with Crippen LogP contribution in [0.2, 0.25) is 0 Å². The molecule has 2 bridgehead atoms. The van der Waals surface area contributed by atoms with Crippen molar-refractivity contribution in [3.63, 3.8) is 0 Å². The summed E-state index contributed by atoms with van der Waals surface area (Å²) in [4.78, 5) is 43.1. The van der Waals surface area contributed by atoms with Crippen LogP contribution < -0.4 is 15.5 Å². The maximum absolute atomic E-state index is 14.8. The van der Waals surface area contributed by atoms with Gasteiger partial charge in [-0.15, -0.1) is 0 Å². The monoisotopic (exact) mass is 536 g/mol. The molecule has 37 heavy (non-hydrogen) atoms. The molecule has 2 N–H and O–H groups in total. The Kier molecular flexibility index (Phi) is 7.65. The Labute approximate surface area is 217 Å². The highest BCUT2D eigenvalue weighted by atomic mass is 32.1. The molecule has 14 heteroatoms. The van der Waals surface area contributed by atoms with Gasteiger partial charge in [0.2, 0.25) is 5.95 Å². The number of nitrogens with zero attached hydrogens (tertiary/aromatic N) is 6. The van der Waals surface area contributed by atoms with E-state index >= 15 is 0 Å². The molecule has 0 radical (unpaired) electrons. The maximum Gasteiger partial charge on any atom is 0.413 e. The summed E-state index contributed by atoms with van der Waals surface area (Å²) in [5, 5.41) is 4.75. The van der Waals surface area contributed by atoms with Crippen LogP contribution >= 0.6 is 11.3 Å². The third-order valence-electron chi connectivity index (χ3n) is 7.22. The van der Waals surface area contributed by atoms with Crippen molar-refractivity contribution >= 4 is 40.4 Å². The van der Waals surface area contributed by atoms with Crippen molar-refractivity contribution in [1.29, 1.82) is 0 Å². The van der Waals surface area contributed by atoms with E-state index in [2.05, 4.69) is 30.5 Å². The SMILES string of the molecule is CN(C(=O)Nc1ncc(F)s1)[C@H]1CN(c2nccc(NC(=O)OC3CCN4CCCC3C4)n2)CC[C@H]1F.